The van der Waals surface area contributed by atoms with Gasteiger partial charge in [0.05, 0.1) is 0 Å². The van der Waals surface area contributed by atoms with E-state index in [4.69, 9.17) is 0 Å². The van der Waals surface area contributed by atoms with Gasteiger partial charge in [0.25, 0.3) is 0 Å². The molecule has 0 aliphatic carbocycles. The summed E-state index contributed by atoms with van der Waals surface area (Å²) in [7, 11) is -3.68. The monoisotopic (exact) mass is 380 g/mol. The first kappa shape index (κ1) is 19.1. The largest absolute Gasteiger partial charge is 0.348 e. The number of amides is 2. The minimum absolute atomic E-state index is 0.178. The maximum Gasteiger partial charge on any atom is 0.309 e. The van der Waals surface area contributed by atoms with E-state index in [0.29, 0.717) is 18.5 Å². The van der Waals surface area contributed by atoms with Gasteiger partial charge in [-0.25, -0.2) is 8.42 Å². The van der Waals surface area contributed by atoms with Crippen LogP contribution in [0.1, 0.15) is 24.2 Å². The lowest BCUT2D eigenvalue weighted by molar-refractivity contribution is -0.139. The third kappa shape index (κ3) is 4.90. The SMILES string of the molecule is CCCNC(=O)C(=O)NC[C@H](c1ccccc1)S(=O)(=O)c1cccs1. The molecule has 0 saturated carbocycles. The molecule has 0 aliphatic rings. The van der Waals surface area contributed by atoms with Crippen LogP contribution in [0, 0.1) is 0 Å². The van der Waals surface area contributed by atoms with E-state index in [1.165, 1.54) is 6.07 Å². The van der Waals surface area contributed by atoms with Crippen molar-refractivity contribution in [3.8, 4) is 0 Å². The molecule has 0 spiro atoms. The third-order valence-corrected chi connectivity index (χ3v) is 7.04. The first-order chi connectivity index (χ1) is 12.0. The van der Waals surface area contributed by atoms with E-state index < -0.39 is 26.9 Å². The number of nitrogens with one attached hydrogen (secondary N) is 2. The van der Waals surface area contributed by atoms with Gasteiger partial charge in [-0.2, -0.15) is 0 Å². The molecule has 2 rings (SSSR count). The fourth-order valence-corrected chi connectivity index (χ4v) is 5.09. The standard InChI is InChI=1S/C17H20N2O4S2/c1-2-10-18-16(20)17(21)19-12-14(13-7-4-3-5-8-13)25(22,23)15-9-6-11-24-15/h3-9,11,14H,2,10,12H2,1H3,(H,18,20)(H,19,21)/t14-/m1/s1. The molecule has 6 nitrogen and oxygen atoms in total. The minimum atomic E-state index is -3.68. The van der Waals surface area contributed by atoms with Crippen molar-refractivity contribution >= 4 is 33.0 Å². The molecule has 0 fully saturated rings. The van der Waals surface area contributed by atoms with Gasteiger partial charge in [-0.1, -0.05) is 43.3 Å². The van der Waals surface area contributed by atoms with Gasteiger partial charge in [0, 0.05) is 13.1 Å². The van der Waals surface area contributed by atoms with Crippen LogP contribution in [0.15, 0.2) is 52.1 Å². The molecular formula is C17H20N2O4S2. The van der Waals surface area contributed by atoms with Crippen LogP contribution in [-0.4, -0.2) is 33.3 Å². The average molecular weight is 380 g/mol. The fourth-order valence-electron chi connectivity index (χ4n) is 2.22. The van der Waals surface area contributed by atoms with Crippen LogP contribution >= 0.6 is 11.3 Å². The van der Waals surface area contributed by atoms with Crippen molar-refractivity contribution in [3.63, 3.8) is 0 Å². The number of sulfone groups is 1. The highest BCUT2D eigenvalue weighted by Crippen LogP contribution is 2.30. The third-order valence-electron chi connectivity index (χ3n) is 3.51. The summed E-state index contributed by atoms with van der Waals surface area (Å²) in [6.07, 6.45) is 0.707. The zero-order chi connectivity index (χ0) is 18.3. The molecule has 0 unspecified atom stereocenters. The Balaban J connectivity index is 2.20. The highest BCUT2D eigenvalue weighted by molar-refractivity contribution is 7.93. The second-order valence-corrected chi connectivity index (χ2v) is 8.65. The Morgan fingerprint density at radius 1 is 1.04 bits per heavy atom. The predicted octanol–water partition coefficient (Wildman–Crippen LogP) is 1.91. The van der Waals surface area contributed by atoms with E-state index in [1.807, 2.05) is 6.92 Å². The molecule has 1 atom stereocenters. The van der Waals surface area contributed by atoms with Gasteiger partial charge in [-0.05, 0) is 23.4 Å². The van der Waals surface area contributed by atoms with Crippen molar-refractivity contribution in [1.29, 1.82) is 0 Å². The van der Waals surface area contributed by atoms with Gasteiger partial charge in [-0.3, -0.25) is 9.59 Å². The number of carbonyl (C=O) groups excluding carboxylic acids is 2. The number of hydrogen-bond donors (Lipinski definition) is 2. The molecule has 2 N–H and O–H groups in total. The van der Waals surface area contributed by atoms with Crippen LogP contribution in [0.5, 0.6) is 0 Å². The normalized spacial score (nSPS) is 12.4. The Bertz CT molecular complexity index is 802. The topological polar surface area (TPSA) is 92.3 Å². The van der Waals surface area contributed by atoms with E-state index in [0.717, 1.165) is 11.3 Å². The molecule has 0 radical (unpaired) electrons. The molecular weight excluding hydrogens is 360 g/mol. The molecule has 2 aromatic rings. The van der Waals surface area contributed by atoms with Crippen molar-refractivity contribution < 1.29 is 18.0 Å². The lowest BCUT2D eigenvalue weighted by Gasteiger charge is -2.18. The summed E-state index contributed by atoms with van der Waals surface area (Å²) < 4.78 is 26.0. The van der Waals surface area contributed by atoms with Crippen LogP contribution in [-0.2, 0) is 19.4 Å². The molecule has 1 aromatic heterocycles. The second-order valence-electron chi connectivity index (χ2n) is 5.34. The first-order valence-corrected chi connectivity index (χ1v) is 10.3. The molecule has 134 valence electrons. The van der Waals surface area contributed by atoms with Crippen molar-refractivity contribution in [2.45, 2.75) is 22.8 Å². The van der Waals surface area contributed by atoms with Crippen LogP contribution in [0.3, 0.4) is 0 Å². The Morgan fingerprint density at radius 3 is 2.32 bits per heavy atom. The maximum atomic E-state index is 12.9. The molecule has 8 heteroatoms. The molecule has 1 aromatic carbocycles. The van der Waals surface area contributed by atoms with Gasteiger partial charge in [0.15, 0.2) is 9.84 Å². The van der Waals surface area contributed by atoms with Crippen LogP contribution in [0.2, 0.25) is 0 Å². The highest BCUT2D eigenvalue weighted by atomic mass is 32.2. The van der Waals surface area contributed by atoms with Crippen molar-refractivity contribution in [2.24, 2.45) is 0 Å². The first-order valence-electron chi connectivity index (χ1n) is 7.85. The maximum absolute atomic E-state index is 12.9. The van der Waals surface area contributed by atoms with Crippen LogP contribution < -0.4 is 10.6 Å². The van der Waals surface area contributed by atoms with Crippen LogP contribution in [0.4, 0.5) is 0 Å². The Hall–Kier alpha value is -2.19. The number of hydrogen-bond acceptors (Lipinski definition) is 5. The van der Waals surface area contributed by atoms with Crippen molar-refractivity contribution in [2.75, 3.05) is 13.1 Å². The van der Waals surface area contributed by atoms with E-state index >= 15 is 0 Å². The quantitative estimate of drug-likeness (QED) is 0.718. The fraction of sp³-hybridized carbons (Fsp3) is 0.294. The predicted molar refractivity (Wildman–Crippen MR) is 97.0 cm³/mol. The smallest absolute Gasteiger partial charge is 0.309 e. The van der Waals surface area contributed by atoms with Crippen LogP contribution in [0.25, 0.3) is 0 Å². The van der Waals surface area contributed by atoms with E-state index in [-0.39, 0.29) is 10.8 Å². The van der Waals surface area contributed by atoms with Gasteiger partial charge in [-0.15, -0.1) is 11.3 Å². The van der Waals surface area contributed by atoms with E-state index in [9.17, 15) is 18.0 Å². The summed E-state index contributed by atoms with van der Waals surface area (Å²) in [4.78, 5) is 23.5. The molecule has 25 heavy (non-hydrogen) atoms. The van der Waals surface area contributed by atoms with Gasteiger partial charge in [0.1, 0.15) is 9.46 Å². The lowest BCUT2D eigenvalue weighted by Crippen LogP contribution is -2.42. The number of thiophene rings is 1. The Labute approximate surface area is 151 Å². The Kier molecular flexibility index (Phi) is 6.72. The van der Waals surface area contributed by atoms with Crippen molar-refractivity contribution in [3.05, 3.63) is 53.4 Å². The molecule has 0 bridgehead atoms. The molecule has 0 saturated heterocycles. The molecule has 0 aliphatic heterocycles. The Morgan fingerprint density at radius 2 is 1.72 bits per heavy atom. The highest BCUT2D eigenvalue weighted by Gasteiger charge is 2.30. The van der Waals surface area contributed by atoms with Gasteiger partial charge in [0.2, 0.25) is 0 Å². The summed E-state index contributed by atoms with van der Waals surface area (Å²) in [6, 6.07) is 11.8. The second kappa shape index (κ2) is 8.77. The summed E-state index contributed by atoms with van der Waals surface area (Å²) >= 11 is 1.12. The van der Waals surface area contributed by atoms with E-state index in [1.54, 1.807) is 41.8 Å². The number of benzene rings is 1. The zero-order valence-corrected chi connectivity index (χ0v) is 15.4. The number of carbonyl (C=O) groups is 2. The average Bonchev–Trinajstić information content (AvgIpc) is 3.16. The molecule has 2 amide bonds. The molecule has 1 heterocycles. The van der Waals surface area contributed by atoms with Gasteiger partial charge < -0.3 is 10.6 Å². The zero-order valence-electron chi connectivity index (χ0n) is 13.8. The van der Waals surface area contributed by atoms with Gasteiger partial charge >= 0.3 is 11.8 Å². The summed E-state index contributed by atoms with van der Waals surface area (Å²) in [5.74, 6) is -1.60. The van der Waals surface area contributed by atoms with E-state index in [2.05, 4.69) is 10.6 Å². The lowest BCUT2D eigenvalue weighted by atomic mass is 10.1. The summed E-state index contributed by atoms with van der Waals surface area (Å²) in [5.41, 5.74) is 0.560. The van der Waals surface area contributed by atoms with Crippen molar-refractivity contribution in [1.82, 2.24) is 10.6 Å². The number of rotatable bonds is 7. The summed E-state index contributed by atoms with van der Waals surface area (Å²) in [6.45, 7) is 2.09. The summed E-state index contributed by atoms with van der Waals surface area (Å²) in [5, 5.41) is 5.62. The minimum Gasteiger partial charge on any atom is -0.348 e.